The number of nitrogens with one attached hydrogen (secondary N) is 1. The van der Waals surface area contributed by atoms with Crippen molar-refractivity contribution in [3.05, 3.63) is 51.8 Å². The van der Waals surface area contributed by atoms with Crippen molar-refractivity contribution in [2.75, 3.05) is 7.05 Å². The lowest BCUT2D eigenvalue weighted by Crippen LogP contribution is -2.22. The van der Waals surface area contributed by atoms with E-state index in [4.69, 9.17) is 0 Å². The van der Waals surface area contributed by atoms with Crippen LogP contribution in [0, 0.1) is 0 Å². The second kappa shape index (κ2) is 6.19. The van der Waals surface area contributed by atoms with E-state index >= 15 is 0 Å². The van der Waals surface area contributed by atoms with Crippen molar-refractivity contribution in [1.29, 1.82) is 0 Å². The van der Waals surface area contributed by atoms with Gasteiger partial charge in [-0.2, -0.15) is 18.3 Å². The molecule has 0 bridgehead atoms. The van der Waals surface area contributed by atoms with Gasteiger partial charge in [-0.05, 0) is 37.7 Å². The molecule has 1 heterocycles. The molecule has 7 heteroatoms. The van der Waals surface area contributed by atoms with Crippen LogP contribution in [0.5, 0.6) is 0 Å². The molecule has 0 saturated carbocycles. The standard InChI is InChI=1S/C14H15BrF3N3/c1-3-21-12(6-7-20-21)13(19-2)9-4-5-11(15)10(8-9)14(16,17)18/h4-8,13,19H,3H2,1-2H3. The minimum atomic E-state index is -4.39. The van der Waals surface area contributed by atoms with Gasteiger partial charge in [-0.25, -0.2) is 0 Å². The van der Waals surface area contributed by atoms with Crippen LogP contribution in [0.15, 0.2) is 34.9 Å². The normalized spacial score (nSPS) is 13.4. The Labute approximate surface area is 129 Å². The predicted molar refractivity (Wildman–Crippen MR) is 77.9 cm³/mol. The van der Waals surface area contributed by atoms with E-state index in [0.29, 0.717) is 12.1 Å². The molecule has 1 N–H and O–H groups in total. The number of alkyl halides is 3. The molecule has 3 nitrogen and oxygen atoms in total. The Morgan fingerprint density at radius 1 is 1.33 bits per heavy atom. The smallest absolute Gasteiger partial charge is 0.308 e. The summed E-state index contributed by atoms with van der Waals surface area (Å²) in [4.78, 5) is 0. The lowest BCUT2D eigenvalue weighted by molar-refractivity contribution is -0.138. The van der Waals surface area contributed by atoms with E-state index < -0.39 is 11.7 Å². The van der Waals surface area contributed by atoms with Gasteiger partial charge in [0.05, 0.1) is 17.3 Å². The first-order valence-corrected chi connectivity index (χ1v) is 7.23. The minimum absolute atomic E-state index is 0.0394. The highest BCUT2D eigenvalue weighted by Crippen LogP contribution is 2.37. The van der Waals surface area contributed by atoms with Crippen molar-refractivity contribution < 1.29 is 13.2 Å². The molecule has 1 aromatic heterocycles. The van der Waals surface area contributed by atoms with Gasteiger partial charge in [-0.3, -0.25) is 4.68 Å². The average Bonchev–Trinajstić information content (AvgIpc) is 2.88. The number of nitrogens with zero attached hydrogens (tertiary/aromatic N) is 2. The molecule has 2 rings (SSSR count). The Morgan fingerprint density at radius 3 is 2.62 bits per heavy atom. The fourth-order valence-corrected chi connectivity index (χ4v) is 2.75. The van der Waals surface area contributed by atoms with Crippen LogP contribution in [0.4, 0.5) is 13.2 Å². The van der Waals surface area contributed by atoms with E-state index in [-0.39, 0.29) is 10.5 Å². The van der Waals surface area contributed by atoms with Crippen LogP contribution in [-0.2, 0) is 12.7 Å². The monoisotopic (exact) mass is 361 g/mol. The zero-order valence-electron chi connectivity index (χ0n) is 11.6. The van der Waals surface area contributed by atoms with Crippen LogP contribution in [0.25, 0.3) is 0 Å². The Bertz CT molecular complexity index is 622. The van der Waals surface area contributed by atoms with Gasteiger partial charge >= 0.3 is 6.18 Å². The van der Waals surface area contributed by atoms with Gasteiger partial charge in [0.25, 0.3) is 0 Å². The van der Waals surface area contributed by atoms with Crippen molar-refractivity contribution in [3.63, 3.8) is 0 Å². The third kappa shape index (κ3) is 3.29. The maximum Gasteiger partial charge on any atom is 0.417 e. The highest BCUT2D eigenvalue weighted by atomic mass is 79.9. The van der Waals surface area contributed by atoms with Gasteiger partial charge in [0.1, 0.15) is 0 Å². The topological polar surface area (TPSA) is 29.9 Å². The molecule has 0 aliphatic heterocycles. The van der Waals surface area contributed by atoms with E-state index in [1.165, 1.54) is 6.07 Å². The second-order valence-corrected chi connectivity index (χ2v) is 5.38. The van der Waals surface area contributed by atoms with Crippen molar-refractivity contribution in [2.45, 2.75) is 25.7 Å². The maximum atomic E-state index is 13.0. The summed E-state index contributed by atoms with van der Waals surface area (Å²) < 4.78 is 40.8. The molecule has 1 aromatic carbocycles. The van der Waals surface area contributed by atoms with E-state index in [0.717, 1.165) is 11.8 Å². The molecule has 0 aliphatic carbocycles. The summed E-state index contributed by atoms with van der Waals surface area (Å²) >= 11 is 2.96. The molecule has 0 fully saturated rings. The molecule has 0 radical (unpaired) electrons. The van der Waals surface area contributed by atoms with E-state index in [2.05, 4.69) is 26.3 Å². The largest absolute Gasteiger partial charge is 0.417 e. The first-order valence-electron chi connectivity index (χ1n) is 6.44. The minimum Gasteiger partial charge on any atom is -0.308 e. The molecule has 0 spiro atoms. The number of rotatable bonds is 4. The number of hydrogen-bond donors (Lipinski definition) is 1. The fraction of sp³-hybridized carbons (Fsp3) is 0.357. The Morgan fingerprint density at radius 2 is 2.05 bits per heavy atom. The summed E-state index contributed by atoms with van der Waals surface area (Å²) in [6, 6.07) is 5.72. The van der Waals surface area contributed by atoms with Gasteiger partial charge < -0.3 is 5.32 Å². The molecule has 0 amide bonds. The van der Waals surface area contributed by atoms with Gasteiger partial charge in [0, 0.05) is 17.2 Å². The van der Waals surface area contributed by atoms with Crippen LogP contribution >= 0.6 is 15.9 Å². The molecule has 114 valence electrons. The first-order chi connectivity index (χ1) is 9.88. The second-order valence-electron chi connectivity index (χ2n) is 4.53. The highest BCUT2D eigenvalue weighted by Gasteiger charge is 2.33. The SMILES string of the molecule is CCn1nccc1C(NC)c1ccc(Br)c(C(F)(F)F)c1. The zero-order valence-corrected chi connectivity index (χ0v) is 13.2. The molecule has 0 saturated heterocycles. The van der Waals surface area contributed by atoms with Gasteiger partial charge in [0.15, 0.2) is 0 Å². The quantitative estimate of drug-likeness (QED) is 0.891. The highest BCUT2D eigenvalue weighted by molar-refractivity contribution is 9.10. The zero-order chi connectivity index (χ0) is 15.6. The fourth-order valence-electron chi connectivity index (χ4n) is 2.28. The Kier molecular flexibility index (Phi) is 4.73. The van der Waals surface area contributed by atoms with Crippen LogP contribution in [0.3, 0.4) is 0 Å². The number of aryl methyl sites for hydroxylation is 1. The molecule has 21 heavy (non-hydrogen) atoms. The van der Waals surface area contributed by atoms with E-state index in [1.54, 1.807) is 30.1 Å². The van der Waals surface area contributed by atoms with Gasteiger partial charge in [0.2, 0.25) is 0 Å². The summed E-state index contributed by atoms with van der Waals surface area (Å²) in [5.74, 6) is 0. The third-order valence-electron chi connectivity index (χ3n) is 3.26. The van der Waals surface area contributed by atoms with Gasteiger partial charge in [-0.15, -0.1) is 0 Å². The maximum absolute atomic E-state index is 13.0. The summed E-state index contributed by atoms with van der Waals surface area (Å²) in [7, 11) is 1.72. The summed E-state index contributed by atoms with van der Waals surface area (Å²) in [5, 5.41) is 7.21. The lowest BCUT2D eigenvalue weighted by Gasteiger charge is -2.20. The van der Waals surface area contributed by atoms with Crippen LogP contribution in [0.2, 0.25) is 0 Å². The molecule has 2 aromatic rings. The molecule has 1 atom stereocenters. The van der Waals surface area contributed by atoms with Crippen LogP contribution in [-0.4, -0.2) is 16.8 Å². The first kappa shape index (κ1) is 16.0. The summed E-state index contributed by atoms with van der Waals surface area (Å²) in [6.07, 6.45) is -2.75. The van der Waals surface area contributed by atoms with Gasteiger partial charge in [-0.1, -0.05) is 22.0 Å². The van der Waals surface area contributed by atoms with Crippen molar-refractivity contribution in [2.24, 2.45) is 0 Å². The number of benzene rings is 1. The molecular formula is C14H15BrF3N3. The van der Waals surface area contributed by atoms with E-state index in [9.17, 15) is 13.2 Å². The van der Waals surface area contributed by atoms with Crippen LogP contribution < -0.4 is 5.32 Å². The average molecular weight is 362 g/mol. The summed E-state index contributed by atoms with van der Waals surface area (Å²) in [5.41, 5.74) is 0.696. The number of halogens is 4. The number of hydrogen-bond acceptors (Lipinski definition) is 2. The number of aromatic nitrogens is 2. The van der Waals surface area contributed by atoms with E-state index in [1.807, 2.05) is 6.92 Å². The molecular weight excluding hydrogens is 347 g/mol. The Hall–Kier alpha value is -1.34. The van der Waals surface area contributed by atoms with Crippen molar-refractivity contribution in [3.8, 4) is 0 Å². The predicted octanol–water partition coefficient (Wildman–Crippen LogP) is 3.99. The Balaban J connectivity index is 2.49. The molecule has 1 unspecified atom stereocenters. The van der Waals surface area contributed by atoms with Crippen molar-refractivity contribution in [1.82, 2.24) is 15.1 Å². The third-order valence-corrected chi connectivity index (χ3v) is 3.95. The molecule has 0 aliphatic rings. The van der Waals surface area contributed by atoms with Crippen molar-refractivity contribution >= 4 is 15.9 Å². The lowest BCUT2D eigenvalue weighted by atomic mass is 10.0. The summed E-state index contributed by atoms with van der Waals surface area (Å²) in [6.45, 7) is 2.59. The van der Waals surface area contributed by atoms with Crippen LogP contribution in [0.1, 0.15) is 29.8 Å².